The Balaban J connectivity index is 1.78. The molecule has 2 aromatic carbocycles. The van der Waals surface area contributed by atoms with Gasteiger partial charge in [-0.25, -0.2) is 4.79 Å². The van der Waals surface area contributed by atoms with Crippen molar-refractivity contribution in [1.82, 2.24) is 0 Å². The van der Waals surface area contributed by atoms with Crippen LogP contribution < -0.4 is 0 Å². The molecule has 0 atom stereocenters. The van der Waals surface area contributed by atoms with Crippen molar-refractivity contribution in [2.45, 2.75) is 6.92 Å². The van der Waals surface area contributed by atoms with Crippen molar-refractivity contribution in [2.24, 2.45) is 0 Å². The molecular formula is C25H16O5S. The van der Waals surface area contributed by atoms with Crippen LogP contribution in [-0.2, 0) is 4.74 Å². The van der Waals surface area contributed by atoms with Gasteiger partial charge >= 0.3 is 5.97 Å². The summed E-state index contributed by atoms with van der Waals surface area (Å²) in [5.74, 6) is -1.01. The molecule has 0 bridgehead atoms. The van der Waals surface area contributed by atoms with Crippen LogP contribution in [0, 0.1) is 0 Å². The van der Waals surface area contributed by atoms with Gasteiger partial charge in [0.25, 0.3) is 0 Å². The number of ketones is 2. The number of fused-ring (bicyclic) bond motifs is 3. The molecule has 6 heteroatoms. The van der Waals surface area contributed by atoms with E-state index in [4.69, 9.17) is 9.15 Å². The zero-order valence-corrected chi connectivity index (χ0v) is 17.3. The van der Waals surface area contributed by atoms with Crippen molar-refractivity contribution in [1.29, 1.82) is 0 Å². The second kappa shape index (κ2) is 7.49. The zero-order chi connectivity index (χ0) is 21.5. The standard InChI is InChI=1S/C25H16O5S/c1-2-29-25(28)24-18(15-11-7-4-8-12-15)19-21(27)20(26)16-13-17(14-9-5-3-6-10-14)30-22(16)23(19)31-24/h3-13H,2H2,1H3. The molecule has 1 aliphatic carbocycles. The largest absolute Gasteiger partial charge is 0.462 e. The number of thiophene rings is 1. The minimum atomic E-state index is -0.645. The number of hydrogen-bond donors (Lipinski definition) is 0. The Morgan fingerprint density at radius 3 is 2.19 bits per heavy atom. The van der Waals surface area contributed by atoms with Gasteiger partial charge in [0, 0.05) is 11.1 Å². The number of rotatable bonds is 4. The van der Waals surface area contributed by atoms with Crippen molar-refractivity contribution in [3.63, 3.8) is 0 Å². The Labute approximate surface area is 181 Å². The topological polar surface area (TPSA) is 73.6 Å². The third-order valence-electron chi connectivity index (χ3n) is 5.11. The van der Waals surface area contributed by atoms with Crippen molar-refractivity contribution in [3.8, 4) is 33.1 Å². The third kappa shape index (κ3) is 3.04. The van der Waals surface area contributed by atoms with Crippen LogP contribution in [0.3, 0.4) is 0 Å². The highest BCUT2D eigenvalue weighted by molar-refractivity contribution is 7.18. The summed E-state index contributed by atoms with van der Waals surface area (Å²) < 4.78 is 11.3. The Morgan fingerprint density at radius 2 is 1.55 bits per heavy atom. The first-order chi connectivity index (χ1) is 15.1. The van der Waals surface area contributed by atoms with Gasteiger partial charge in [-0.1, -0.05) is 60.7 Å². The molecule has 0 spiro atoms. The molecule has 0 radical (unpaired) electrons. The molecule has 1 aliphatic rings. The molecule has 4 aromatic rings. The first-order valence-electron chi connectivity index (χ1n) is 9.78. The lowest BCUT2D eigenvalue weighted by molar-refractivity contribution is 0.0532. The monoisotopic (exact) mass is 428 g/mol. The Kier molecular flexibility index (Phi) is 4.64. The average Bonchev–Trinajstić information content (AvgIpc) is 3.42. The van der Waals surface area contributed by atoms with Gasteiger partial charge in [0.2, 0.25) is 11.6 Å². The molecule has 31 heavy (non-hydrogen) atoms. The van der Waals surface area contributed by atoms with Gasteiger partial charge in [-0.3, -0.25) is 9.59 Å². The summed E-state index contributed by atoms with van der Waals surface area (Å²) in [4.78, 5) is 39.7. The Hall–Kier alpha value is -3.77. The number of hydrogen-bond acceptors (Lipinski definition) is 6. The normalized spacial score (nSPS) is 12.4. The van der Waals surface area contributed by atoms with Crippen LogP contribution in [0.5, 0.6) is 0 Å². The molecule has 0 unspecified atom stereocenters. The van der Waals surface area contributed by atoms with Gasteiger partial charge in [0.1, 0.15) is 10.6 Å². The summed E-state index contributed by atoms with van der Waals surface area (Å²) in [7, 11) is 0. The number of carbonyl (C=O) groups is 3. The van der Waals surface area contributed by atoms with E-state index in [1.807, 2.05) is 48.5 Å². The van der Waals surface area contributed by atoms with Crippen molar-refractivity contribution in [2.75, 3.05) is 6.61 Å². The minimum absolute atomic E-state index is 0.200. The minimum Gasteiger partial charge on any atom is -0.462 e. The van der Waals surface area contributed by atoms with Crippen molar-refractivity contribution in [3.05, 3.63) is 82.7 Å². The zero-order valence-electron chi connectivity index (χ0n) is 16.5. The summed E-state index contributed by atoms with van der Waals surface area (Å²) in [6.07, 6.45) is 0. The predicted octanol–water partition coefficient (Wildman–Crippen LogP) is 5.90. The van der Waals surface area contributed by atoms with Gasteiger partial charge < -0.3 is 9.15 Å². The van der Waals surface area contributed by atoms with Crippen LogP contribution in [0.15, 0.2) is 71.1 Å². The smallest absolute Gasteiger partial charge is 0.348 e. The summed E-state index contributed by atoms with van der Waals surface area (Å²) in [6.45, 7) is 1.92. The Bertz CT molecular complexity index is 1330. The first-order valence-corrected chi connectivity index (χ1v) is 10.6. The van der Waals surface area contributed by atoms with E-state index in [2.05, 4.69) is 0 Å². The van der Waals surface area contributed by atoms with Crippen LogP contribution in [0.2, 0.25) is 0 Å². The lowest BCUT2D eigenvalue weighted by Crippen LogP contribution is -2.19. The van der Waals surface area contributed by atoms with E-state index in [9.17, 15) is 14.4 Å². The molecule has 2 heterocycles. The average molecular weight is 428 g/mol. The van der Waals surface area contributed by atoms with E-state index >= 15 is 0 Å². The maximum Gasteiger partial charge on any atom is 0.348 e. The molecule has 0 aliphatic heterocycles. The molecule has 5 rings (SSSR count). The summed E-state index contributed by atoms with van der Waals surface area (Å²) >= 11 is 1.12. The molecule has 0 fully saturated rings. The fourth-order valence-electron chi connectivity index (χ4n) is 3.74. The van der Waals surface area contributed by atoms with Crippen LogP contribution in [-0.4, -0.2) is 24.1 Å². The van der Waals surface area contributed by atoms with Crippen molar-refractivity contribution >= 4 is 28.9 Å². The number of furan rings is 1. The first kappa shape index (κ1) is 19.2. The molecular weight excluding hydrogens is 412 g/mol. The maximum atomic E-state index is 13.2. The molecule has 0 N–H and O–H groups in total. The highest BCUT2D eigenvalue weighted by Crippen LogP contribution is 2.48. The maximum absolute atomic E-state index is 13.2. The lowest BCUT2D eigenvalue weighted by atomic mass is 9.88. The second-order valence-electron chi connectivity index (χ2n) is 6.97. The van der Waals surface area contributed by atoms with E-state index in [0.717, 1.165) is 16.9 Å². The van der Waals surface area contributed by atoms with E-state index in [-0.39, 0.29) is 22.6 Å². The van der Waals surface area contributed by atoms with Gasteiger partial charge in [-0.2, -0.15) is 0 Å². The number of carbonyl (C=O) groups excluding carboxylic acids is 3. The van der Waals surface area contributed by atoms with E-state index in [1.54, 1.807) is 25.1 Å². The molecule has 0 saturated heterocycles. The third-order valence-corrected chi connectivity index (χ3v) is 6.27. The summed E-state index contributed by atoms with van der Waals surface area (Å²) in [6, 6.07) is 20.0. The molecule has 0 saturated carbocycles. The summed E-state index contributed by atoms with van der Waals surface area (Å²) in [5.41, 5.74) is 2.30. The quantitative estimate of drug-likeness (QED) is 0.299. The number of ether oxygens (including phenoxy) is 1. The van der Waals surface area contributed by atoms with Crippen LogP contribution in [0.25, 0.3) is 33.1 Å². The van der Waals surface area contributed by atoms with E-state index in [1.165, 1.54) is 0 Å². The Morgan fingerprint density at radius 1 is 0.903 bits per heavy atom. The van der Waals surface area contributed by atoms with Crippen LogP contribution in [0.4, 0.5) is 0 Å². The number of benzene rings is 2. The highest BCUT2D eigenvalue weighted by Gasteiger charge is 2.40. The van der Waals surface area contributed by atoms with Crippen LogP contribution in [0.1, 0.15) is 37.3 Å². The SMILES string of the molecule is CCOC(=O)c1sc2c(c1-c1ccccc1)C(=O)C(=O)c1cc(-c3ccccc3)oc1-2. The van der Waals surface area contributed by atoms with E-state index < -0.39 is 17.5 Å². The predicted molar refractivity (Wildman–Crippen MR) is 118 cm³/mol. The van der Waals surface area contributed by atoms with E-state index in [0.29, 0.717) is 27.5 Å². The number of Topliss-reactive ketones (excluding diaryl/α,β-unsaturated/α-hetero) is 2. The summed E-state index contributed by atoms with van der Waals surface area (Å²) in [5, 5.41) is 0. The number of esters is 1. The van der Waals surface area contributed by atoms with Crippen LogP contribution >= 0.6 is 11.3 Å². The fourth-order valence-corrected chi connectivity index (χ4v) is 4.95. The van der Waals surface area contributed by atoms with Crippen molar-refractivity contribution < 1.29 is 23.5 Å². The van der Waals surface area contributed by atoms with Gasteiger partial charge in [-0.05, 0) is 18.6 Å². The fraction of sp³-hybridized carbons (Fsp3) is 0.0800. The second-order valence-corrected chi connectivity index (χ2v) is 8.00. The molecule has 0 amide bonds. The highest BCUT2D eigenvalue weighted by atomic mass is 32.1. The molecule has 2 aromatic heterocycles. The lowest BCUT2D eigenvalue weighted by Gasteiger charge is -2.11. The molecule has 152 valence electrons. The van der Waals surface area contributed by atoms with Gasteiger partial charge in [0.05, 0.1) is 22.6 Å². The van der Waals surface area contributed by atoms with Gasteiger partial charge in [-0.15, -0.1) is 11.3 Å². The molecule has 5 nitrogen and oxygen atoms in total. The van der Waals surface area contributed by atoms with Gasteiger partial charge in [0.15, 0.2) is 5.76 Å².